The van der Waals surface area contributed by atoms with Crippen molar-refractivity contribution >= 4 is 34.0 Å². The van der Waals surface area contributed by atoms with E-state index in [1.807, 2.05) is 12.2 Å². The maximum absolute atomic E-state index is 13.7. The summed E-state index contributed by atoms with van der Waals surface area (Å²) in [6.45, 7) is 6.27. The van der Waals surface area contributed by atoms with Crippen molar-refractivity contribution < 1.29 is 37.1 Å². The Balaban J connectivity index is 1.53. The monoisotopic (exact) mass is 597 g/mol. The quantitative estimate of drug-likeness (QED) is 0.404. The minimum atomic E-state index is -4.12. The summed E-state index contributed by atoms with van der Waals surface area (Å²) in [4.78, 5) is 54.8. The van der Waals surface area contributed by atoms with Crippen LogP contribution in [0.2, 0.25) is 0 Å². The third kappa shape index (κ3) is 7.77. The number of nitrogens with one attached hydrogen (secondary N) is 3. The Morgan fingerprint density at radius 3 is 2.51 bits per heavy atom. The van der Waals surface area contributed by atoms with Crippen LogP contribution < -0.4 is 15.4 Å². The third-order valence-electron chi connectivity index (χ3n) is 7.86. The molecule has 230 valence electrons. The van der Waals surface area contributed by atoms with E-state index in [1.165, 1.54) is 4.90 Å². The molecular formula is C27H43N5O8S. The van der Waals surface area contributed by atoms with Gasteiger partial charge in [0.15, 0.2) is 0 Å². The van der Waals surface area contributed by atoms with E-state index in [9.17, 15) is 27.6 Å². The molecule has 0 spiro atoms. The van der Waals surface area contributed by atoms with E-state index in [1.54, 1.807) is 20.8 Å². The lowest BCUT2D eigenvalue weighted by molar-refractivity contribution is -0.141. The Labute approximate surface area is 241 Å². The Kier molecular flexibility index (Phi) is 9.64. The average molecular weight is 598 g/mol. The van der Waals surface area contributed by atoms with Crippen LogP contribution in [-0.4, -0.2) is 97.5 Å². The summed E-state index contributed by atoms with van der Waals surface area (Å²) in [5, 5.41) is 5.53. The summed E-state index contributed by atoms with van der Waals surface area (Å²) in [5.74, 6) is -2.06. The SMILES string of the molecule is CC(C)(C)OC(=O)N[C@H]1CCCCCC=C[C@@H]2C[C@@]2(C(=O)NS(=O)(=O)N2CCOCC2)NC(=O)[C@@H]2CCCN2C1=O. The van der Waals surface area contributed by atoms with Gasteiger partial charge in [-0.25, -0.2) is 9.52 Å². The van der Waals surface area contributed by atoms with Crippen molar-refractivity contribution in [3.05, 3.63) is 12.2 Å². The van der Waals surface area contributed by atoms with E-state index in [-0.39, 0.29) is 44.5 Å². The van der Waals surface area contributed by atoms with Crippen LogP contribution in [0.5, 0.6) is 0 Å². The number of hydrogen-bond donors (Lipinski definition) is 3. The van der Waals surface area contributed by atoms with Gasteiger partial charge < -0.3 is 25.0 Å². The number of allylic oxidation sites excluding steroid dienone is 1. The van der Waals surface area contributed by atoms with Crippen LogP contribution >= 0.6 is 0 Å². The first kappa shape index (κ1) is 31.2. The highest BCUT2D eigenvalue weighted by atomic mass is 32.2. The van der Waals surface area contributed by atoms with E-state index in [2.05, 4.69) is 15.4 Å². The van der Waals surface area contributed by atoms with Crippen molar-refractivity contribution in [2.24, 2.45) is 5.92 Å². The van der Waals surface area contributed by atoms with Gasteiger partial charge >= 0.3 is 16.3 Å². The normalized spacial score (nSPS) is 30.2. The van der Waals surface area contributed by atoms with Crippen molar-refractivity contribution in [2.45, 2.75) is 95.4 Å². The van der Waals surface area contributed by atoms with E-state index in [4.69, 9.17) is 9.47 Å². The first-order valence-corrected chi connectivity index (χ1v) is 16.0. The fourth-order valence-corrected chi connectivity index (χ4v) is 6.78. The lowest BCUT2D eigenvalue weighted by Gasteiger charge is -2.31. The summed E-state index contributed by atoms with van der Waals surface area (Å²) < 4.78 is 39.8. The van der Waals surface area contributed by atoms with Gasteiger partial charge in [-0.05, 0) is 59.3 Å². The Morgan fingerprint density at radius 1 is 1.07 bits per heavy atom. The molecule has 14 heteroatoms. The van der Waals surface area contributed by atoms with Crippen LogP contribution in [-0.2, 0) is 34.1 Å². The number of fused-ring (bicyclic) bond motifs is 2. The molecular weight excluding hydrogens is 554 g/mol. The van der Waals surface area contributed by atoms with Crippen LogP contribution in [0.3, 0.4) is 0 Å². The molecule has 0 aromatic rings. The zero-order valence-electron chi connectivity index (χ0n) is 24.1. The zero-order valence-corrected chi connectivity index (χ0v) is 25.0. The third-order valence-corrected chi connectivity index (χ3v) is 9.35. The first-order chi connectivity index (χ1) is 19.3. The molecule has 4 aliphatic rings. The number of ether oxygens (including phenoxy) is 2. The van der Waals surface area contributed by atoms with Crippen LogP contribution in [0, 0.1) is 5.92 Å². The second-order valence-corrected chi connectivity index (χ2v) is 13.8. The minimum Gasteiger partial charge on any atom is -0.444 e. The number of morpholine rings is 1. The average Bonchev–Trinajstić information content (AvgIpc) is 3.36. The molecule has 1 saturated carbocycles. The van der Waals surface area contributed by atoms with Gasteiger partial charge in [0.25, 0.3) is 5.91 Å². The summed E-state index contributed by atoms with van der Waals surface area (Å²) >= 11 is 0. The van der Waals surface area contributed by atoms with Gasteiger partial charge in [-0.2, -0.15) is 12.7 Å². The molecule has 3 N–H and O–H groups in total. The van der Waals surface area contributed by atoms with Gasteiger partial charge in [-0.1, -0.05) is 25.0 Å². The van der Waals surface area contributed by atoms with Crippen molar-refractivity contribution in [2.75, 3.05) is 32.8 Å². The molecule has 0 bridgehead atoms. The Morgan fingerprint density at radius 2 is 1.80 bits per heavy atom. The zero-order chi connectivity index (χ0) is 29.8. The van der Waals surface area contributed by atoms with Crippen LogP contribution in [0.4, 0.5) is 4.79 Å². The number of alkyl carbamates (subject to hydrolysis) is 1. The van der Waals surface area contributed by atoms with Crippen LogP contribution in [0.1, 0.15) is 72.1 Å². The van der Waals surface area contributed by atoms with Gasteiger partial charge in [-0.15, -0.1) is 0 Å². The predicted molar refractivity (Wildman–Crippen MR) is 149 cm³/mol. The number of rotatable bonds is 4. The molecule has 3 fully saturated rings. The maximum atomic E-state index is 13.7. The fourth-order valence-electron chi connectivity index (χ4n) is 5.60. The lowest BCUT2D eigenvalue weighted by atomic mass is 10.0. The van der Waals surface area contributed by atoms with Gasteiger partial charge in [0.2, 0.25) is 11.8 Å². The molecule has 0 radical (unpaired) electrons. The molecule has 0 aromatic heterocycles. The van der Waals surface area contributed by atoms with E-state index < -0.39 is 51.3 Å². The van der Waals surface area contributed by atoms with Gasteiger partial charge in [0, 0.05) is 25.6 Å². The van der Waals surface area contributed by atoms with E-state index >= 15 is 0 Å². The fraction of sp³-hybridized carbons (Fsp3) is 0.778. The summed E-state index contributed by atoms with van der Waals surface area (Å²) in [7, 11) is -4.12. The number of carbonyl (C=O) groups excluding carboxylic acids is 4. The van der Waals surface area contributed by atoms with Crippen molar-refractivity contribution in [3.63, 3.8) is 0 Å². The minimum absolute atomic E-state index is 0.128. The van der Waals surface area contributed by atoms with Crippen molar-refractivity contribution in [1.29, 1.82) is 0 Å². The molecule has 2 saturated heterocycles. The highest BCUT2D eigenvalue weighted by Crippen LogP contribution is 2.45. The molecule has 41 heavy (non-hydrogen) atoms. The lowest BCUT2D eigenvalue weighted by Crippen LogP contribution is -2.59. The Hall–Kier alpha value is -2.71. The highest BCUT2D eigenvalue weighted by molar-refractivity contribution is 7.87. The van der Waals surface area contributed by atoms with Gasteiger partial charge in [0.05, 0.1) is 13.2 Å². The predicted octanol–water partition coefficient (Wildman–Crippen LogP) is 0.959. The van der Waals surface area contributed by atoms with Gasteiger partial charge in [0.1, 0.15) is 23.2 Å². The molecule has 3 heterocycles. The van der Waals surface area contributed by atoms with Crippen LogP contribution in [0.25, 0.3) is 0 Å². The van der Waals surface area contributed by atoms with E-state index in [0.29, 0.717) is 32.2 Å². The first-order valence-electron chi connectivity index (χ1n) is 14.5. The number of amides is 4. The second-order valence-electron chi connectivity index (χ2n) is 12.2. The van der Waals surface area contributed by atoms with Crippen LogP contribution in [0.15, 0.2) is 12.2 Å². The molecule has 0 aromatic carbocycles. The molecule has 3 aliphatic heterocycles. The van der Waals surface area contributed by atoms with Gasteiger partial charge in [-0.3, -0.25) is 14.4 Å². The smallest absolute Gasteiger partial charge is 0.408 e. The molecule has 13 nitrogen and oxygen atoms in total. The number of nitrogens with zero attached hydrogens (tertiary/aromatic N) is 2. The number of hydrogen-bond acceptors (Lipinski definition) is 8. The largest absolute Gasteiger partial charge is 0.444 e. The molecule has 4 atom stereocenters. The molecule has 4 amide bonds. The maximum Gasteiger partial charge on any atom is 0.408 e. The van der Waals surface area contributed by atoms with E-state index in [0.717, 1.165) is 23.6 Å². The highest BCUT2D eigenvalue weighted by Gasteiger charge is 2.61. The summed E-state index contributed by atoms with van der Waals surface area (Å²) in [5.41, 5.74) is -2.17. The van der Waals surface area contributed by atoms with Crippen molar-refractivity contribution in [3.8, 4) is 0 Å². The van der Waals surface area contributed by atoms with Crippen molar-refractivity contribution in [1.82, 2.24) is 24.6 Å². The summed E-state index contributed by atoms with van der Waals surface area (Å²) in [6.07, 6.45) is 7.81. The number of carbonyl (C=O) groups is 4. The molecule has 0 unspecified atom stereocenters. The summed E-state index contributed by atoms with van der Waals surface area (Å²) in [6, 6.07) is -1.70. The Bertz CT molecular complexity index is 1150. The second kappa shape index (κ2) is 12.7. The molecule has 1 aliphatic carbocycles. The standard InChI is InChI=1S/C27H43N5O8S/c1-26(2,3)40-25(36)28-20-11-8-6-4-5-7-10-19-18-27(19,29-22(33)21-12-9-13-32(21)23(20)34)24(35)30-41(37,38)31-14-16-39-17-15-31/h7,10,19-21H,4-6,8-9,11-18H2,1-3H3,(H,28,36)(H,29,33)(H,30,35)/t19-,20+,21+,27-/m1/s1. The molecule has 4 rings (SSSR count). The topological polar surface area (TPSA) is 163 Å².